The van der Waals surface area contributed by atoms with Crippen LogP contribution in [0.4, 0.5) is 5.69 Å². The third kappa shape index (κ3) is 4.63. The summed E-state index contributed by atoms with van der Waals surface area (Å²) in [7, 11) is 1.60. The average Bonchev–Trinajstić information content (AvgIpc) is 2.96. The number of hydrogen-bond acceptors (Lipinski definition) is 6. The molecule has 2 aromatic heterocycles. The number of aryl methyl sites for hydroxylation is 2. The molecule has 0 spiro atoms. The Kier molecular flexibility index (Phi) is 6.53. The van der Waals surface area contributed by atoms with Gasteiger partial charge in [0.15, 0.2) is 0 Å². The van der Waals surface area contributed by atoms with Crippen molar-refractivity contribution in [3.05, 3.63) is 46.1 Å². The van der Waals surface area contributed by atoms with Gasteiger partial charge in [0.25, 0.3) is 0 Å². The molecule has 2 amide bonds. The monoisotopic (exact) mass is 434 g/mol. The number of carbonyl (C=O) groups excluding carboxylic acids is 2. The van der Waals surface area contributed by atoms with Gasteiger partial charge >= 0.3 is 0 Å². The van der Waals surface area contributed by atoms with Crippen molar-refractivity contribution in [3.8, 4) is 0 Å². The molecule has 3 rings (SSSR count). The van der Waals surface area contributed by atoms with E-state index >= 15 is 0 Å². The van der Waals surface area contributed by atoms with Gasteiger partial charge in [0.2, 0.25) is 11.8 Å². The number of thioether (sulfide) groups is 1. The van der Waals surface area contributed by atoms with E-state index in [0.717, 1.165) is 20.8 Å². The molecule has 28 heavy (non-hydrogen) atoms. The third-order valence-electron chi connectivity index (χ3n) is 4.22. The zero-order chi connectivity index (χ0) is 20.3. The van der Waals surface area contributed by atoms with Crippen molar-refractivity contribution in [1.29, 1.82) is 0 Å². The van der Waals surface area contributed by atoms with E-state index < -0.39 is 0 Å². The minimum atomic E-state index is -0.303. The van der Waals surface area contributed by atoms with Crippen molar-refractivity contribution in [2.45, 2.75) is 18.9 Å². The predicted molar refractivity (Wildman–Crippen MR) is 115 cm³/mol. The van der Waals surface area contributed by atoms with E-state index in [9.17, 15) is 9.59 Å². The zero-order valence-electron chi connectivity index (χ0n) is 15.7. The number of amides is 2. The molecule has 0 saturated heterocycles. The SMILES string of the molecule is Cc1sc2ncnc(SCC(=O)N(C)CC(=O)Nc3ccccc3Cl)c2c1C. The van der Waals surface area contributed by atoms with Crippen LogP contribution < -0.4 is 5.32 Å². The Balaban J connectivity index is 1.59. The Morgan fingerprint density at radius 1 is 1.25 bits per heavy atom. The first-order valence-electron chi connectivity index (χ1n) is 8.48. The number of nitrogens with one attached hydrogen (secondary N) is 1. The highest BCUT2D eigenvalue weighted by molar-refractivity contribution is 8.00. The number of rotatable bonds is 6. The molecule has 0 saturated carbocycles. The Hall–Kier alpha value is -2.16. The first-order chi connectivity index (χ1) is 13.4. The molecule has 0 atom stereocenters. The van der Waals surface area contributed by atoms with Crippen molar-refractivity contribution >= 4 is 62.4 Å². The number of nitrogens with zero attached hydrogens (tertiary/aromatic N) is 3. The van der Waals surface area contributed by atoms with Crippen LogP contribution in [0.2, 0.25) is 5.02 Å². The smallest absolute Gasteiger partial charge is 0.244 e. The van der Waals surface area contributed by atoms with Crippen molar-refractivity contribution in [1.82, 2.24) is 14.9 Å². The van der Waals surface area contributed by atoms with E-state index in [0.29, 0.717) is 10.7 Å². The van der Waals surface area contributed by atoms with Gasteiger partial charge in [-0.3, -0.25) is 9.59 Å². The molecular weight excluding hydrogens is 416 g/mol. The van der Waals surface area contributed by atoms with E-state index in [4.69, 9.17) is 11.6 Å². The van der Waals surface area contributed by atoms with E-state index in [1.54, 1.807) is 42.6 Å². The molecule has 9 heteroatoms. The topological polar surface area (TPSA) is 75.2 Å². The second kappa shape index (κ2) is 8.89. The summed E-state index contributed by atoms with van der Waals surface area (Å²) in [6.07, 6.45) is 1.52. The number of para-hydroxylation sites is 1. The third-order valence-corrected chi connectivity index (χ3v) is 6.64. The Labute approximate surface area is 176 Å². The molecule has 3 aromatic rings. The fraction of sp³-hybridized carbons (Fsp3) is 0.263. The molecule has 0 unspecified atom stereocenters. The molecule has 0 radical (unpaired) electrons. The zero-order valence-corrected chi connectivity index (χ0v) is 18.0. The highest BCUT2D eigenvalue weighted by Gasteiger charge is 2.17. The van der Waals surface area contributed by atoms with Crippen LogP contribution in [-0.2, 0) is 9.59 Å². The molecule has 0 aliphatic heterocycles. The van der Waals surface area contributed by atoms with Crippen LogP contribution in [0, 0.1) is 13.8 Å². The summed E-state index contributed by atoms with van der Waals surface area (Å²) >= 11 is 9.02. The number of carbonyl (C=O) groups is 2. The number of anilines is 1. The maximum atomic E-state index is 12.5. The van der Waals surface area contributed by atoms with Gasteiger partial charge in [-0.05, 0) is 31.5 Å². The van der Waals surface area contributed by atoms with Gasteiger partial charge in [0.1, 0.15) is 16.2 Å². The summed E-state index contributed by atoms with van der Waals surface area (Å²) < 4.78 is 0. The summed E-state index contributed by atoms with van der Waals surface area (Å²) in [5.74, 6) is -0.269. The van der Waals surface area contributed by atoms with E-state index in [1.165, 1.54) is 27.9 Å². The summed E-state index contributed by atoms with van der Waals surface area (Å²) in [4.78, 5) is 36.8. The van der Waals surface area contributed by atoms with Crippen molar-refractivity contribution in [2.75, 3.05) is 24.7 Å². The summed E-state index contributed by atoms with van der Waals surface area (Å²) in [6, 6.07) is 6.97. The summed E-state index contributed by atoms with van der Waals surface area (Å²) in [5.41, 5.74) is 1.67. The van der Waals surface area contributed by atoms with Crippen LogP contribution in [0.5, 0.6) is 0 Å². The van der Waals surface area contributed by atoms with Crippen LogP contribution in [0.25, 0.3) is 10.2 Å². The second-order valence-corrected chi connectivity index (χ2v) is 8.78. The van der Waals surface area contributed by atoms with Crippen LogP contribution in [0.15, 0.2) is 35.6 Å². The molecule has 0 fully saturated rings. The molecule has 0 bridgehead atoms. The van der Waals surface area contributed by atoms with Crippen molar-refractivity contribution < 1.29 is 9.59 Å². The number of hydrogen-bond donors (Lipinski definition) is 1. The molecule has 146 valence electrons. The standard InChI is InChI=1S/C19H19ClN4O2S2/c1-11-12(2)28-19-17(11)18(21-10-22-19)27-9-16(26)24(3)8-15(25)23-14-7-5-4-6-13(14)20/h4-7,10H,8-9H2,1-3H3,(H,23,25). The fourth-order valence-electron chi connectivity index (χ4n) is 2.56. The van der Waals surface area contributed by atoms with Crippen molar-refractivity contribution in [2.24, 2.45) is 0 Å². The van der Waals surface area contributed by atoms with Gasteiger partial charge in [-0.2, -0.15) is 0 Å². The largest absolute Gasteiger partial charge is 0.336 e. The van der Waals surface area contributed by atoms with Gasteiger partial charge < -0.3 is 10.2 Å². The lowest BCUT2D eigenvalue weighted by molar-refractivity contribution is -0.131. The first-order valence-corrected chi connectivity index (χ1v) is 10.7. The number of aromatic nitrogens is 2. The normalized spacial score (nSPS) is 10.9. The van der Waals surface area contributed by atoms with Crippen LogP contribution in [0.1, 0.15) is 10.4 Å². The maximum Gasteiger partial charge on any atom is 0.244 e. The maximum absolute atomic E-state index is 12.5. The van der Waals surface area contributed by atoms with Gasteiger partial charge in [-0.15, -0.1) is 11.3 Å². The van der Waals surface area contributed by atoms with Gasteiger partial charge in [-0.25, -0.2) is 9.97 Å². The highest BCUT2D eigenvalue weighted by Crippen LogP contribution is 2.34. The van der Waals surface area contributed by atoms with Crippen LogP contribution >= 0.6 is 34.7 Å². The lowest BCUT2D eigenvalue weighted by Crippen LogP contribution is -2.36. The number of benzene rings is 1. The average molecular weight is 435 g/mol. The molecular formula is C19H19ClN4O2S2. The fourth-order valence-corrected chi connectivity index (χ4v) is 4.80. The summed E-state index contributed by atoms with van der Waals surface area (Å²) in [6.45, 7) is 4.03. The van der Waals surface area contributed by atoms with Crippen LogP contribution in [-0.4, -0.2) is 46.0 Å². The summed E-state index contributed by atoms with van der Waals surface area (Å²) in [5, 5.41) is 4.95. The quantitative estimate of drug-likeness (QED) is 0.466. The number of halogens is 1. The minimum absolute atomic E-state index is 0.0552. The number of thiophene rings is 1. The van der Waals surface area contributed by atoms with E-state index in [2.05, 4.69) is 15.3 Å². The molecule has 2 heterocycles. The minimum Gasteiger partial charge on any atom is -0.336 e. The number of fused-ring (bicyclic) bond motifs is 1. The van der Waals surface area contributed by atoms with E-state index in [-0.39, 0.29) is 24.1 Å². The molecule has 6 nitrogen and oxygen atoms in total. The Morgan fingerprint density at radius 3 is 2.75 bits per heavy atom. The number of likely N-dealkylation sites (N-methyl/N-ethyl adjacent to an activating group) is 1. The molecule has 0 aliphatic rings. The van der Waals surface area contributed by atoms with E-state index in [1.807, 2.05) is 13.8 Å². The lowest BCUT2D eigenvalue weighted by Gasteiger charge is -2.17. The Morgan fingerprint density at radius 2 is 2.00 bits per heavy atom. The van der Waals surface area contributed by atoms with Gasteiger partial charge in [0.05, 0.1) is 23.0 Å². The highest BCUT2D eigenvalue weighted by atomic mass is 35.5. The van der Waals surface area contributed by atoms with Crippen molar-refractivity contribution in [3.63, 3.8) is 0 Å². The van der Waals surface area contributed by atoms with Gasteiger partial charge in [-0.1, -0.05) is 35.5 Å². The lowest BCUT2D eigenvalue weighted by atomic mass is 10.2. The van der Waals surface area contributed by atoms with Crippen LogP contribution in [0.3, 0.4) is 0 Å². The predicted octanol–water partition coefficient (Wildman–Crippen LogP) is 4.15. The van der Waals surface area contributed by atoms with Gasteiger partial charge in [0, 0.05) is 17.3 Å². The first kappa shape index (κ1) is 20.6. The Bertz CT molecular complexity index is 1040. The molecule has 1 N–H and O–H groups in total. The second-order valence-electron chi connectivity index (χ2n) is 6.21. The molecule has 0 aliphatic carbocycles. The molecule has 1 aromatic carbocycles.